The highest BCUT2D eigenvalue weighted by atomic mass is 32.1. The van der Waals surface area contributed by atoms with E-state index in [4.69, 9.17) is 5.73 Å². The van der Waals surface area contributed by atoms with Gasteiger partial charge < -0.3 is 20.9 Å². The number of primary amides is 1. The molecule has 1 aliphatic heterocycles. The summed E-state index contributed by atoms with van der Waals surface area (Å²) in [7, 11) is 2.05. The molecule has 132 valence electrons. The highest BCUT2D eigenvalue weighted by Crippen LogP contribution is 2.21. The van der Waals surface area contributed by atoms with Gasteiger partial charge in [-0.25, -0.2) is 0 Å². The third-order valence-corrected chi connectivity index (χ3v) is 4.75. The van der Waals surface area contributed by atoms with Crippen LogP contribution in [0.1, 0.15) is 10.4 Å². The van der Waals surface area contributed by atoms with E-state index in [-0.39, 0.29) is 12.5 Å². The Bertz CT molecular complexity index is 769. The van der Waals surface area contributed by atoms with Crippen LogP contribution in [0, 0.1) is 0 Å². The molecule has 0 saturated carbocycles. The minimum Gasteiger partial charge on any atom is -0.366 e. The highest BCUT2D eigenvalue weighted by molar-refractivity contribution is 7.09. The summed E-state index contributed by atoms with van der Waals surface area (Å²) in [6.45, 7) is 3.48. The lowest BCUT2D eigenvalue weighted by Crippen LogP contribution is -2.48. The van der Waals surface area contributed by atoms with E-state index in [1.54, 1.807) is 18.2 Å². The average molecular weight is 360 g/mol. The van der Waals surface area contributed by atoms with Gasteiger partial charge in [-0.15, -0.1) is 0 Å². The molecule has 0 spiro atoms. The number of hydrogen-bond acceptors (Lipinski definition) is 7. The first-order valence-corrected chi connectivity index (χ1v) is 8.74. The maximum absolute atomic E-state index is 12.2. The van der Waals surface area contributed by atoms with Gasteiger partial charge in [-0.1, -0.05) is 12.1 Å². The van der Waals surface area contributed by atoms with Crippen molar-refractivity contribution in [2.24, 2.45) is 5.73 Å². The molecule has 9 heteroatoms. The number of carbonyl (C=O) groups excluding carboxylic acids is 2. The number of piperazine rings is 1. The van der Waals surface area contributed by atoms with Gasteiger partial charge in [0.1, 0.15) is 0 Å². The number of aromatic nitrogens is 2. The Labute approximate surface area is 149 Å². The fraction of sp³-hybridized carbons (Fsp3) is 0.375. The molecule has 3 N–H and O–H groups in total. The molecule has 2 amide bonds. The lowest BCUT2D eigenvalue weighted by atomic mass is 10.1. The second-order valence-corrected chi connectivity index (χ2v) is 6.66. The summed E-state index contributed by atoms with van der Waals surface area (Å²) in [5.41, 5.74) is 6.41. The van der Waals surface area contributed by atoms with Gasteiger partial charge in [0, 0.05) is 48.8 Å². The van der Waals surface area contributed by atoms with Crippen LogP contribution in [0.2, 0.25) is 0 Å². The van der Waals surface area contributed by atoms with Gasteiger partial charge in [-0.2, -0.15) is 9.36 Å². The van der Waals surface area contributed by atoms with Crippen LogP contribution in [0.15, 0.2) is 24.3 Å². The maximum atomic E-state index is 12.2. The predicted octanol–water partition coefficient (Wildman–Crippen LogP) is 0.490. The molecule has 0 aliphatic carbocycles. The normalized spacial score (nSPS) is 15.2. The smallest absolute Gasteiger partial charge is 0.248 e. The van der Waals surface area contributed by atoms with Crippen molar-refractivity contribution in [1.29, 1.82) is 0 Å². The molecule has 2 heterocycles. The lowest BCUT2D eigenvalue weighted by molar-refractivity contribution is -0.130. The molecule has 3 rings (SSSR count). The van der Waals surface area contributed by atoms with Crippen LogP contribution < -0.4 is 11.1 Å². The van der Waals surface area contributed by atoms with Crippen molar-refractivity contribution in [2.45, 2.75) is 0 Å². The van der Waals surface area contributed by atoms with Crippen molar-refractivity contribution in [3.63, 3.8) is 0 Å². The van der Waals surface area contributed by atoms with Gasteiger partial charge in [-0.05, 0) is 19.2 Å². The largest absolute Gasteiger partial charge is 0.366 e. The van der Waals surface area contributed by atoms with Crippen LogP contribution in [-0.2, 0) is 4.79 Å². The standard InChI is InChI=1S/C16H20N6O2S/c1-21-5-7-22(8-6-21)13(23)10-18-16-19-15(20-25-16)12-4-2-3-11(9-12)14(17)24/h2-4,9H,5-8,10H2,1H3,(H2,17,24)(H,18,19,20). The number of nitrogens with zero attached hydrogens (tertiary/aromatic N) is 4. The zero-order valence-electron chi connectivity index (χ0n) is 13.9. The van der Waals surface area contributed by atoms with Crippen LogP contribution in [0.4, 0.5) is 5.13 Å². The molecule has 2 aromatic rings. The van der Waals surface area contributed by atoms with Crippen molar-refractivity contribution in [2.75, 3.05) is 45.1 Å². The van der Waals surface area contributed by atoms with E-state index in [0.29, 0.717) is 22.1 Å². The van der Waals surface area contributed by atoms with E-state index in [1.807, 2.05) is 11.0 Å². The van der Waals surface area contributed by atoms with E-state index in [2.05, 4.69) is 26.6 Å². The molecular weight excluding hydrogens is 340 g/mol. The number of anilines is 1. The topological polar surface area (TPSA) is 104 Å². The Morgan fingerprint density at radius 3 is 2.76 bits per heavy atom. The van der Waals surface area contributed by atoms with Crippen molar-refractivity contribution in [3.8, 4) is 11.4 Å². The van der Waals surface area contributed by atoms with Gasteiger partial charge in [0.25, 0.3) is 0 Å². The van der Waals surface area contributed by atoms with Crippen molar-refractivity contribution in [3.05, 3.63) is 29.8 Å². The predicted molar refractivity (Wildman–Crippen MR) is 96.4 cm³/mol. The van der Waals surface area contributed by atoms with Gasteiger partial charge in [0.2, 0.25) is 16.9 Å². The number of benzene rings is 1. The van der Waals surface area contributed by atoms with Crippen LogP contribution in [0.25, 0.3) is 11.4 Å². The zero-order chi connectivity index (χ0) is 17.8. The Balaban J connectivity index is 1.59. The second-order valence-electron chi connectivity index (χ2n) is 5.91. The van der Waals surface area contributed by atoms with Crippen molar-refractivity contribution in [1.82, 2.24) is 19.2 Å². The Morgan fingerprint density at radius 1 is 1.28 bits per heavy atom. The molecule has 1 aromatic heterocycles. The van der Waals surface area contributed by atoms with E-state index >= 15 is 0 Å². The Kier molecular flexibility index (Phi) is 5.25. The first kappa shape index (κ1) is 17.3. The lowest BCUT2D eigenvalue weighted by Gasteiger charge is -2.32. The van der Waals surface area contributed by atoms with Crippen LogP contribution in [-0.4, -0.2) is 70.7 Å². The molecular formula is C16H20N6O2S. The molecule has 1 saturated heterocycles. The summed E-state index contributed by atoms with van der Waals surface area (Å²) in [4.78, 5) is 31.9. The maximum Gasteiger partial charge on any atom is 0.248 e. The number of amides is 2. The molecule has 1 aliphatic rings. The molecule has 0 bridgehead atoms. The van der Waals surface area contributed by atoms with Crippen LogP contribution >= 0.6 is 11.5 Å². The van der Waals surface area contributed by atoms with E-state index in [0.717, 1.165) is 26.2 Å². The molecule has 8 nitrogen and oxygen atoms in total. The summed E-state index contributed by atoms with van der Waals surface area (Å²) in [5.74, 6) is 0.0661. The number of rotatable bonds is 5. The molecule has 0 atom stereocenters. The van der Waals surface area contributed by atoms with E-state index in [9.17, 15) is 9.59 Å². The number of likely N-dealkylation sites (N-methyl/N-ethyl adjacent to an activating group) is 1. The fourth-order valence-corrected chi connectivity index (χ4v) is 3.13. The van der Waals surface area contributed by atoms with Gasteiger partial charge in [-0.3, -0.25) is 9.59 Å². The summed E-state index contributed by atoms with van der Waals surface area (Å²) in [5, 5.41) is 3.60. The minimum atomic E-state index is -0.492. The minimum absolute atomic E-state index is 0.0561. The Hall–Kier alpha value is -2.52. The third-order valence-electron chi connectivity index (χ3n) is 4.08. The Morgan fingerprint density at radius 2 is 2.04 bits per heavy atom. The number of carbonyl (C=O) groups is 2. The number of nitrogens with one attached hydrogen (secondary N) is 1. The van der Waals surface area contributed by atoms with Crippen LogP contribution in [0.3, 0.4) is 0 Å². The van der Waals surface area contributed by atoms with E-state index in [1.165, 1.54) is 11.5 Å². The SMILES string of the molecule is CN1CCN(C(=O)CNc2nc(-c3cccc(C(N)=O)c3)ns2)CC1. The van der Waals surface area contributed by atoms with Crippen molar-refractivity contribution < 1.29 is 9.59 Å². The highest BCUT2D eigenvalue weighted by Gasteiger charge is 2.19. The molecule has 1 aromatic carbocycles. The van der Waals surface area contributed by atoms with Gasteiger partial charge in [0.05, 0.1) is 6.54 Å². The first-order chi connectivity index (χ1) is 12.0. The monoisotopic (exact) mass is 360 g/mol. The van der Waals surface area contributed by atoms with Gasteiger partial charge >= 0.3 is 0 Å². The number of hydrogen-bond donors (Lipinski definition) is 2. The second kappa shape index (κ2) is 7.58. The van der Waals surface area contributed by atoms with E-state index < -0.39 is 5.91 Å². The summed E-state index contributed by atoms with van der Waals surface area (Å²) in [6, 6.07) is 6.85. The van der Waals surface area contributed by atoms with Crippen LogP contribution in [0.5, 0.6) is 0 Å². The number of nitrogens with two attached hydrogens (primary N) is 1. The zero-order valence-corrected chi connectivity index (χ0v) is 14.8. The quantitative estimate of drug-likeness (QED) is 0.804. The summed E-state index contributed by atoms with van der Waals surface area (Å²) >= 11 is 1.18. The molecule has 25 heavy (non-hydrogen) atoms. The van der Waals surface area contributed by atoms with Crippen molar-refractivity contribution >= 4 is 28.5 Å². The third kappa shape index (κ3) is 4.31. The fourth-order valence-electron chi connectivity index (χ4n) is 2.54. The summed E-state index contributed by atoms with van der Waals surface area (Å²) in [6.07, 6.45) is 0. The average Bonchev–Trinajstić information content (AvgIpc) is 3.09. The molecule has 1 fully saturated rings. The summed E-state index contributed by atoms with van der Waals surface area (Å²) < 4.78 is 4.27. The molecule has 0 radical (unpaired) electrons. The van der Waals surface area contributed by atoms with Gasteiger partial charge in [0.15, 0.2) is 5.82 Å². The first-order valence-electron chi connectivity index (χ1n) is 7.97. The molecule has 0 unspecified atom stereocenters.